The second kappa shape index (κ2) is 6.75. The normalized spacial score (nSPS) is 14.3. The van der Waals surface area contributed by atoms with E-state index in [1.54, 1.807) is 18.5 Å². The summed E-state index contributed by atoms with van der Waals surface area (Å²) >= 11 is 0. The van der Waals surface area contributed by atoms with Gasteiger partial charge in [-0.2, -0.15) is 0 Å². The SMILES string of the molecule is NC(=NCc1ccc2c(c1)OCCCO2)Nc1ncccn1. The van der Waals surface area contributed by atoms with Gasteiger partial charge in [0, 0.05) is 18.8 Å². The fourth-order valence-corrected chi connectivity index (χ4v) is 2.00. The van der Waals surface area contributed by atoms with E-state index in [2.05, 4.69) is 20.3 Å². The zero-order valence-electron chi connectivity index (χ0n) is 12.0. The fraction of sp³-hybridized carbons (Fsp3) is 0.267. The maximum absolute atomic E-state index is 5.82. The molecule has 114 valence electrons. The number of rotatable bonds is 3. The van der Waals surface area contributed by atoms with Gasteiger partial charge in [0.25, 0.3) is 0 Å². The van der Waals surface area contributed by atoms with Crippen molar-refractivity contribution < 1.29 is 9.47 Å². The van der Waals surface area contributed by atoms with Gasteiger partial charge in [0.15, 0.2) is 17.5 Å². The lowest BCUT2D eigenvalue weighted by Gasteiger charge is -2.08. The van der Waals surface area contributed by atoms with Crippen molar-refractivity contribution in [1.82, 2.24) is 9.97 Å². The van der Waals surface area contributed by atoms with Crippen molar-refractivity contribution in [3.8, 4) is 11.5 Å². The molecule has 0 saturated heterocycles. The van der Waals surface area contributed by atoms with E-state index in [-0.39, 0.29) is 5.96 Å². The van der Waals surface area contributed by atoms with Crippen LogP contribution in [0.2, 0.25) is 0 Å². The Kier molecular flexibility index (Phi) is 4.33. The lowest BCUT2D eigenvalue weighted by molar-refractivity contribution is 0.297. The number of hydrogen-bond acceptors (Lipinski definition) is 5. The van der Waals surface area contributed by atoms with Crippen LogP contribution < -0.4 is 20.5 Å². The number of aromatic nitrogens is 2. The Morgan fingerprint density at radius 3 is 2.77 bits per heavy atom. The highest BCUT2D eigenvalue weighted by Crippen LogP contribution is 2.30. The third-order valence-corrected chi connectivity index (χ3v) is 3.05. The summed E-state index contributed by atoms with van der Waals surface area (Å²) < 4.78 is 11.2. The lowest BCUT2D eigenvalue weighted by atomic mass is 10.2. The van der Waals surface area contributed by atoms with Crippen molar-refractivity contribution in [3.05, 3.63) is 42.2 Å². The number of benzene rings is 1. The molecule has 2 heterocycles. The lowest BCUT2D eigenvalue weighted by Crippen LogP contribution is -2.23. The predicted octanol–water partition coefficient (Wildman–Crippen LogP) is 1.56. The Morgan fingerprint density at radius 2 is 1.95 bits per heavy atom. The van der Waals surface area contributed by atoms with Crippen molar-refractivity contribution >= 4 is 11.9 Å². The molecule has 1 aliphatic heterocycles. The molecule has 0 bridgehead atoms. The van der Waals surface area contributed by atoms with Crippen molar-refractivity contribution in [3.63, 3.8) is 0 Å². The molecule has 1 aromatic carbocycles. The second-order valence-corrected chi connectivity index (χ2v) is 4.73. The van der Waals surface area contributed by atoms with Crippen molar-refractivity contribution in [1.29, 1.82) is 0 Å². The van der Waals surface area contributed by atoms with E-state index < -0.39 is 0 Å². The molecule has 3 N–H and O–H groups in total. The van der Waals surface area contributed by atoms with Crippen LogP contribution in [0.1, 0.15) is 12.0 Å². The molecule has 0 aliphatic carbocycles. The Balaban J connectivity index is 1.65. The van der Waals surface area contributed by atoms with E-state index in [9.17, 15) is 0 Å². The van der Waals surface area contributed by atoms with E-state index in [0.29, 0.717) is 25.7 Å². The molecular formula is C15H17N5O2. The summed E-state index contributed by atoms with van der Waals surface area (Å²) in [6, 6.07) is 7.51. The van der Waals surface area contributed by atoms with Gasteiger partial charge in [-0.25, -0.2) is 15.0 Å². The average molecular weight is 299 g/mol. The zero-order chi connectivity index (χ0) is 15.2. The first kappa shape index (κ1) is 14.1. The minimum Gasteiger partial charge on any atom is -0.490 e. The minimum atomic E-state index is 0.262. The van der Waals surface area contributed by atoms with Gasteiger partial charge in [-0.15, -0.1) is 0 Å². The van der Waals surface area contributed by atoms with E-state index >= 15 is 0 Å². The largest absolute Gasteiger partial charge is 0.490 e. The smallest absolute Gasteiger partial charge is 0.229 e. The standard InChI is InChI=1S/C15H17N5O2/c16-14(20-15-17-5-1-6-18-15)19-10-11-3-4-12-13(9-11)22-8-2-7-21-12/h1,3-6,9H,2,7-8,10H2,(H3,16,17,18,19,20). The quantitative estimate of drug-likeness (QED) is 0.660. The maximum Gasteiger partial charge on any atom is 0.229 e. The molecule has 1 aliphatic rings. The summed E-state index contributed by atoms with van der Waals surface area (Å²) in [5.41, 5.74) is 6.81. The molecule has 7 heteroatoms. The van der Waals surface area contributed by atoms with Crippen LogP contribution >= 0.6 is 0 Å². The highest BCUT2D eigenvalue weighted by molar-refractivity contribution is 5.90. The molecule has 22 heavy (non-hydrogen) atoms. The van der Waals surface area contributed by atoms with Gasteiger partial charge >= 0.3 is 0 Å². The minimum absolute atomic E-state index is 0.262. The first-order chi connectivity index (χ1) is 10.8. The van der Waals surface area contributed by atoms with Gasteiger partial charge in [0.1, 0.15) is 0 Å². The Bertz CT molecular complexity index is 660. The molecule has 0 unspecified atom stereocenters. The number of guanidine groups is 1. The van der Waals surface area contributed by atoms with Crippen LogP contribution in [-0.2, 0) is 6.54 Å². The third-order valence-electron chi connectivity index (χ3n) is 3.05. The molecule has 7 nitrogen and oxygen atoms in total. The number of fused-ring (bicyclic) bond motifs is 1. The molecule has 2 aromatic rings. The number of ether oxygens (including phenoxy) is 2. The van der Waals surface area contributed by atoms with E-state index in [1.807, 2.05) is 18.2 Å². The van der Waals surface area contributed by atoms with E-state index in [1.165, 1.54) is 0 Å². The number of nitrogens with two attached hydrogens (primary N) is 1. The molecule has 3 rings (SSSR count). The summed E-state index contributed by atoms with van der Waals surface area (Å²) in [7, 11) is 0. The summed E-state index contributed by atoms with van der Waals surface area (Å²) in [4.78, 5) is 12.3. The topological polar surface area (TPSA) is 94.7 Å². The highest BCUT2D eigenvalue weighted by atomic mass is 16.5. The second-order valence-electron chi connectivity index (χ2n) is 4.73. The number of hydrogen-bond donors (Lipinski definition) is 2. The van der Waals surface area contributed by atoms with E-state index in [0.717, 1.165) is 23.5 Å². The average Bonchev–Trinajstić information content (AvgIpc) is 2.78. The first-order valence-corrected chi connectivity index (χ1v) is 7.04. The summed E-state index contributed by atoms with van der Waals surface area (Å²) in [5.74, 6) is 2.21. The van der Waals surface area contributed by atoms with Crippen LogP contribution in [0.3, 0.4) is 0 Å². The number of anilines is 1. The number of nitrogens with one attached hydrogen (secondary N) is 1. The summed E-state index contributed by atoms with van der Waals surface area (Å²) in [5, 5.41) is 2.83. The fourth-order valence-electron chi connectivity index (χ4n) is 2.00. The molecule has 0 spiro atoms. The summed E-state index contributed by atoms with van der Waals surface area (Å²) in [6.07, 6.45) is 4.15. The number of nitrogens with zero attached hydrogens (tertiary/aromatic N) is 3. The van der Waals surface area contributed by atoms with Crippen LogP contribution in [0.25, 0.3) is 0 Å². The van der Waals surface area contributed by atoms with Crippen LogP contribution in [0.15, 0.2) is 41.7 Å². The van der Waals surface area contributed by atoms with Gasteiger partial charge in [0.05, 0.1) is 19.8 Å². The Morgan fingerprint density at radius 1 is 1.18 bits per heavy atom. The number of aliphatic imine (C=N–C) groups is 1. The van der Waals surface area contributed by atoms with Gasteiger partial charge in [-0.05, 0) is 23.8 Å². The maximum atomic E-state index is 5.82. The molecule has 0 atom stereocenters. The molecule has 0 amide bonds. The Hall–Kier alpha value is -2.83. The van der Waals surface area contributed by atoms with Crippen LogP contribution in [0.4, 0.5) is 5.95 Å². The first-order valence-electron chi connectivity index (χ1n) is 7.04. The van der Waals surface area contributed by atoms with Crippen molar-refractivity contribution in [2.45, 2.75) is 13.0 Å². The van der Waals surface area contributed by atoms with Crippen molar-refractivity contribution in [2.75, 3.05) is 18.5 Å². The van der Waals surface area contributed by atoms with Crippen LogP contribution in [0, 0.1) is 0 Å². The molecule has 0 radical (unpaired) electrons. The van der Waals surface area contributed by atoms with Crippen molar-refractivity contribution in [2.24, 2.45) is 10.7 Å². The molecule has 0 saturated carbocycles. The van der Waals surface area contributed by atoms with Gasteiger partial charge in [-0.1, -0.05) is 6.07 Å². The van der Waals surface area contributed by atoms with Gasteiger partial charge in [0.2, 0.25) is 5.95 Å². The third kappa shape index (κ3) is 3.63. The van der Waals surface area contributed by atoms with Gasteiger partial charge < -0.3 is 15.2 Å². The van der Waals surface area contributed by atoms with Crippen LogP contribution in [0.5, 0.6) is 11.5 Å². The monoisotopic (exact) mass is 299 g/mol. The summed E-state index contributed by atoms with van der Waals surface area (Å²) in [6.45, 7) is 1.77. The molecular weight excluding hydrogens is 282 g/mol. The predicted molar refractivity (Wildman–Crippen MR) is 83.0 cm³/mol. The molecule has 1 aromatic heterocycles. The highest BCUT2D eigenvalue weighted by Gasteiger charge is 2.10. The van der Waals surface area contributed by atoms with E-state index in [4.69, 9.17) is 15.2 Å². The Labute approximate surface area is 128 Å². The van der Waals surface area contributed by atoms with Gasteiger partial charge in [-0.3, -0.25) is 5.32 Å². The van der Waals surface area contributed by atoms with Crippen LogP contribution in [-0.4, -0.2) is 29.1 Å². The molecule has 0 fully saturated rings. The zero-order valence-corrected chi connectivity index (χ0v) is 12.0.